The number of carboxylic acids is 1. The molecule has 1 heterocycles. The van der Waals surface area contributed by atoms with Gasteiger partial charge >= 0.3 is 0 Å². The number of hydrogen-bond donors (Lipinski definition) is 0. The average molecular weight is 310 g/mol. The number of carboxylic acid groups (broad SMARTS) is 1. The summed E-state index contributed by atoms with van der Waals surface area (Å²) in [6.07, 6.45) is -0.00997. The first-order valence-electron chi connectivity index (χ1n) is 7.39. The van der Waals surface area contributed by atoms with Crippen molar-refractivity contribution >= 4 is 17.6 Å². The summed E-state index contributed by atoms with van der Waals surface area (Å²) in [7, 11) is 0. The molecule has 5 heteroatoms. The number of benzene rings is 2. The topological polar surface area (TPSA) is 69.7 Å². The Morgan fingerprint density at radius 1 is 1.09 bits per heavy atom. The SMILES string of the molecule is Cc1ccc(Oc2ccc(N3C[C@H](C(=O)[O-])CC3=O)cc2)cc1. The predicted molar refractivity (Wildman–Crippen MR) is 83.2 cm³/mol. The summed E-state index contributed by atoms with van der Waals surface area (Å²) in [5, 5.41) is 10.9. The second-order valence-corrected chi connectivity index (χ2v) is 5.63. The van der Waals surface area contributed by atoms with Gasteiger partial charge in [-0.25, -0.2) is 0 Å². The highest BCUT2D eigenvalue weighted by atomic mass is 16.5. The van der Waals surface area contributed by atoms with Gasteiger partial charge in [-0.2, -0.15) is 0 Å². The highest BCUT2D eigenvalue weighted by Crippen LogP contribution is 2.28. The number of aryl methyl sites for hydroxylation is 1. The third-order valence-electron chi connectivity index (χ3n) is 3.86. The Kier molecular flexibility index (Phi) is 4.02. The van der Waals surface area contributed by atoms with Crippen molar-refractivity contribution in [2.75, 3.05) is 11.4 Å². The molecule has 0 aliphatic carbocycles. The van der Waals surface area contributed by atoms with Crippen LogP contribution in [0.15, 0.2) is 48.5 Å². The predicted octanol–water partition coefficient (Wildman–Crippen LogP) is 1.89. The van der Waals surface area contributed by atoms with Crippen LogP contribution in [0.2, 0.25) is 0 Å². The van der Waals surface area contributed by atoms with Crippen LogP contribution in [0.5, 0.6) is 11.5 Å². The van der Waals surface area contributed by atoms with E-state index >= 15 is 0 Å². The first kappa shape index (κ1) is 15.1. The molecule has 2 aromatic carbocycles. The minimum absolute atomic E-state index is 0.00997. The Labute approximate surface area is 134 Å². The maximum absolute atomic E-state index is 11.9. The third-order valence-corrected chi connectivity index (χ3v) is 3.86. The highest BCUT2D eigenvalue weighted by molar-refractivity contribution is 5.98. The largest absolute Gasteiger partial charge is 0.550 e. The smallest absolute Gasteiger partial charge is 0.227 e. The molecule has 5 nitrogen and oxygen atoms in total. The van der Waals surface area contributed by atoms with Gasteiger partial charge in [0.15, 0.2) is 0 Å². The van der Waals surface area contributed by atoms with Crippen LogP contribution in [0.1, 0.15) is 12.0 Å². The zero-order valence-electron chi connectivity index (χ0n) is 12.7. The van der Waals surface area contributed by atoms with Crippen LogP contribution in [0, 0.1) is 12.8 Å². The molecule has 1 fully saturated rings. The molecule has 0 unspecified atom stereocenters. The molecule has 0 bridgehead atoms. The average Bonchev–Trinajstić information content (AvgIpc) is 2.93. The fourth-order valence-electron chi connectivity index (χ4n) is 2.55. The van der Waals surface area contributed by atoms with Crippen molar-refractivity contribution in [1.29, 1.82) is 0 Å². The monoisotopic (exact) mass is 310 g/mol. The lowest BCUT2D eigenvalue weighted by Crippen LogP contribution is -2.33. The van der Waals surface area contributed by atoms with Crippen LogP contribution in [-0.2, 0) is 9.59 Å². The second kappa shape index (κ2) is 6.12. The van der Waals surface area contributed by atoms with Crippen molar-refractivity contribution in [3.05, 3.63) is 54.1 Å². The molecule has 0 spiro atoms. The van der Waals surface area contributed by atoms with Crippen LogP contribution in [0.3, 0.4) is 0 Å². The Morgan fingerprint density at radius 2 is 1.65 bits per heavy atom. The summed E-state index contributed by atoms with van der Waals surface area (Å²) < 4.78 is 5.73. The molecule has 3 rings (SSSR count). The van der Waals surface area contributed by atoms with E-state index in [1.54, 1.807) is 24.3 Å². The summed E-state index contributed by atoms with van der Waals surface area (Å²) >= 11 is 0. The maximum Gasteiger partial charge on any atom is 0.227 e. The molecular weight excluding hydrogens is 294 g/mol. The fourth-order valence-corrected chi connectivity index (χ4v) is 2.55. The van der Waals surface area contributed by atoms with Crippen LogP contribution < -0.4 is 14.7 Å². The first-order valence-corrected chi connectivity index (χ1v) is 7.39. The van der Waals surface area contributed by atoms with Crippen LogP contribution >= 0.6 is 0 Å². The number of amides is 1. The molecule has 1 atom stereocenters. The number of anilines is 1. The Balaban J connectivity index is 1.71. The van der Waals surface area contributed by atoms with Gasteiger partial charge in [0.05, 0.1) is 0 Å². The highest BCUT2D eigenvalue weighted by Gasteiger charge is 2.31. The van der Waals surface area contributed by atoms with Gasteiger partial charge < -0.3 is 19.5 Å². The minimum atomic E-state index is -1.18. The zero-order valence-corrected chi connectivity index (χ0v) is 12.7. The Morgan fingerprint density at radius 3 is 2.17 bits per heavy atom. The molecule has 0 N–H and O–H groups in total. The van der Waals surface area contributed by atoms with Crippen LogP contribution in [0.25, 0.3) is 0 Å². The van der Waals surface area contributed by atoms with Gasteiger partial charge in [-0.3, -0.25) is 4.79 Å². The molecule has 0 radical (unpaired) electrons. The summed E-state index contributed by atoms with van der Waals surface area (Å²) in [4.78, 5) is 24.3. The van der Waals surface area contributed by atoms with Crippen molar-refractivity contribution in [3.8, 4) is 11.5 Å². The van der Waals surface area contributed by atoms with E-state index in [1.807, 2.05) is 31.2 Å². The molecule has 23 heavy (non-hydrogen) atoms. The molecule has 1 aliphatic rings. The summed E-state index contributed by atoms with van der Waals surface area (Å²) in [5.74, 6) is -0.740. The number of rotatable bonds is 4. The van der Waals surface area contributed by atoms with E-state index in [4.69, 9.17) is 4.74 Å². The van der Waals surface area contributed by atoms with Gasteiger partial charge in [0.2, 0.25) is 5.91 Å². The number of hydrogen-bond acceptors (Lipinski definition) is 4. The van der Waals surface area contributed by atoms with Gasteiger partial charge in [-0.05, 0) is 43.3 Å². The van der Waals surface area contributed by atoms with Crippen molar-refractivity contribution in [3.63, 3.8) is 0 Å². The lowest BCUT2D eigenvalue weighted by Gasteiger charge is -2.17. The standard InChI is InChI=1S/C18H17NO4/c1-12-2-6-15(7-3-12)23-16-8-4-14(5-9-16)19-11-13(18(21)22)10-17(19)20/h2-9,13H,10-11H2,1H3,(H,21,22)/p-1/t13-/m1/s1. The molecule has 2 aromatic rings. The van der Waals surface area contributed by atoms with E-state index in [2.05, 4.69) is 0 Å². The normalized spacial score (nSPS) is 17.3. The van der Waals surface area contributed by atoms with Crippen LogP contribution in [-0.4, -0.2) is 18.4 Å². The van der Waals surface area contributed by atoms with E-state index in [-0.39, 0.29) is 18.9 Å². The zero-order chi connectivity index (χ0) is 16.4. The van der Waals surface area contributed by atoms with Crippen molar-refractivity contribution in [1.82, 2.24) is 0 Å². The lowest BCUT2D eigenvalue weighted by molar-refractivity contribution is -0.310. The molecule has 118 valence electrons. The molecule has 1 aliphatic heterocycles. The molecule has 1 saturated heterocycles. The van der Waals surface area contributed by atoms with Gasteiger partial charge in [0.25, 0.3) is 0 Å². The number of aliphatic carboxylic acids is 1. The fraction of sp³-hybridized carbons (Fsp3) is 0.222. The Hall–Kier alpha value is -2.82. The summed E-state index contributed by atoms with van der Waals surface area (Å²) in [6.45, 7) is 2.16. The van der Waals surface area contributed by atoms with E-state index in [0.717, 1.165) is 11.3 Å². The number of carbonyl (C=O) groups is 2. The Bertz CT molecular complexity index is 722. The third kappa shape index (κ3) is 3.34. The van der Waals surface area contributed by atoms with Crippen LogP contribution in [0.4, 0.5) is 5.69 Å². The van der Waals surface area contributed by atoms with Gasteiger partial charge in [-0.1, -0.05) is 17.7 Å². The number of ether oxygens (including phenoxy) is 1. The molecule has 0 aromatic heterocycles. The first-order chi connectivity index (χ1) is 11.0. The van der Waals surface area contributed by atoms with E-state index in [1.165, 1.54) is 4.90 Å². The van der Waals surface area contributed by atoms with Crippen molar-refractivity contribution in [2.24, 2.45) is 5.92 Å². The van der Waals surface area contributed by atoms with E-state index < -0.39 is 11.9 Å². The second-order valence-electron chi connectivity index (χ2n) is 5.63. The van der Waals surface area contributed by atoms with Crippen molar-refractivity contribution in [2.45, 2.75) is 13.3 Å². The van der Waals surface area contributed by atoms with E-state index in [0.29, 0.717) is 11.4 Å². The molecule has 1 amide bonds. The van der Waals surface area contributed by atoms with Gasteiger partial charge in [0.1, 0.15) is 11.5 Å². The quantitative estimate of drug-likeness (QED) is 0.864. The summed E-state index contributed by atoms with van der Waals surface area (Å²) in [5.41, 5.74) is 1.82. The minimum Gasteiger partial charge on any atom is -0.550 e. The van der Waals surface area contributed by atoms with Crippen molar-refractivity contribution < 1.29 is 19.4 Å². The maximum atomic E-state index is 11.9. The van der Waals surface area contributed by atoms with E-state index in [9.17, 15) is 14.7 Å². The number of nitrogens with zero attached hydrogens (tertiary/aromatic N) is 1. The molecule has 0 saturated carbocycles. The number of carbonyl (C=O) groups excluding carboxylic acids is 2. The van der Waals surface area contributed by atoms with Gasteiger partial charge in [-0.15, -0.1) is 0 Å². The summed E-state index contributed by atoms with van der Waals surface area (Å²) in [6, 6.07) is 14.7. The lowest BCUT2D eigenvalue weighted by atomic mass is 10.1. The molecular formula is C18H16NO4-. The van der Waals surface area contributed by atoms with Gasteiger partial charge in [0, 0.05) is 30.5 Å².